The smallest absolute Gasteiger partial charge is 0.135 e. The van der Waals surface area contributed by atoms with Crippen molar-refractivity contribution in [3.05, 3.63) is 11.9 Å². The van der Waals surface area contributed by atoms with Gasteiger partial charge in [0.25, 0.3) is 0 Å². The van der Waals surface area contributed by atoms with Gasteiger partial charge in [0, 0.05) is 38.3 Å². The van der Waals surface area contributed by atoms with Gasteiger partial charge in [0.15, 0.2) is 0 Å². The molecule has 1 fully saturated rings. The molecule has 2 N–H and O–H groups in total. The molecule has 0 atom stereocenters. The number of hydrogen-bond acceptors (Lipinski definition) is 5. The van der Waals surface area contributed by atoms with Gasteiger partial charge in [-0.1, -0.05) is 13.8 Å². The van der Waals surface area contributed by atoms with Gasteiger partial charge in [-0.05, 0) is 12.8 Å². The normalized spacial score (nSPS) is 16.9. The Morgan fingerprint density at radius 1 is 1.22 bits per heavy atom. The van der Waals surface area contributed by atoms with Crippen LogP contribution in [-0.2, 0) is 4.74 Å². The number of nitrogens with zero attached hydrogens (tertiary/aromatic N) is 2. The molecule has 18 heavy (non-hydrogen) atoms. The number of ether oxygens (including phenoxy) is 1. The third-order valence-electron chi connectivity index (χ3n) is 3.09. The van der Waals surface area contributed by atoms with Crippen LogP contribution in [0.25, 0.3) is 0 Å². The zero-order valence-corrected chi connectivity index (χ0v) is 11.4. The van der Waals surface area contributed by atoms with Gasteiger partial charge in [-0.15, -0.1) is 0 Å². The predicted octanol–water partition coefficient (Wildman–Crippen LogP) is 2.23. The van der Waals surface area contributed by atoms with Crippen molar-refractivity contribution in [2.24, 2.45) is 0 Å². The fourth-order valence-electron chi connectivity index (χ4n) is 1.98. The Morgan fingerprint density at radius 3 is 2.50 bits per heavy atom. The Bertz CT molecular complexity index is 389. The lowest BCUT2D eigenvalue weighted by atomic mass is 10.1. The molecule has 1 saturated heterocycles. The van der Waals surface area contributed by atoms with Crippen LogP contribution < -0.4 is 10.6 Å². The average molecular weight is 250 g/mol. The van der Waals surface area contributed by atoms with Crippen molar-refractivity contribution in [2.45, 2.75) is 38.6 Å². The Morgan fingerprint density at radius 2 is 1.89 bits per heavy atom. The SMILES string of the molecule is CNc1cc(NC2CCOCC2)nc(C(C)C)n1. The molecule has 1 aliphatic rings. The van der Waals surface area contributed by atoms with Gasteiger partial charge >= 0.3 is 0 Å². The van der Waals surface area contributed by atoms with Crippen LogP contribution in [0.3, 0.4) is 0 Å². The Balaban J connectivity index is 2.12. The molecular formula is C13H22N4O. The van der Waals surface area contributed by atoms with Crippen LogP contribution in [0.5, 0.6) is 0 Å². The summed E-state index contributed by atoms with van der Waals surface area (Å²) in [6.07, 6.45) is 2.08. The molecule has 0 spiro atoms. The number of rotatable bonds is 4. The summed E-state index contributed by atoms with van der Waals surface area (Å²) >= 11 is 0. The van der Waals surface area contributed by atoms with Gasteiger partial charge in [0.05, 0.1) is 0 Å². The lowest BCUT2D eigenvalue weighted by Crippen LogP contribution is -2.28. The van der Waals surface area contributed by atoms with Gasteiger partial charge in [0.2, 0.25) is 0 Å². The number of anilines is 2. The van der Waals surface area contributed by atoms with Crippen LogP contribution in [0.2, 0.25) is 0 Å². The third-order valence-corrected chi connectivity index (χ3v) is 3.09. The first-order valence-corrected chi connectivity index (χ1v) is 6.60. The molecule has 0 aromatic carbocycles. The summed E-state index contributed by atoms with van der Waals surface area (Å²) in [6, 6.07) is 2.42. The van der Waals surface area contributed by atoms with E-state index in [9.17, 15) is 0 Å². The van der Waals surface area contributed by atoms with Crippen molar-refractivity contribution in [1.82, 2.24) is 9.97 Å². The summed E-state index contributed by atoms with van der Waals surface area (Å²) in [4.78, 5) is 9.03. The molecule has 1 aromatic rings. The van der Waals surface area contributed by atoms with Crippen molar-refractivity contribution in [3.8, 4) is 0 Å². The molecule has 5 nitrogen and oxygen atoms in total. The van der Waals surface area contributed by atoms with Crippen LogP contribution >= 0.6 is 0 Å². The minimum Gasteiger partial charge on any atom is -0.381 e. The summed E-state index contributed by atoms with van der Waals surface area (Å²) in [6.45, 7) is 5.87. The highest BCUT2D eigenvalue weighted by molar-refractivity contribution is 5.48. The summed E-state index contributed by atoms with van der Waals surface area (Å²) < 4.78 is 5.36. The molecule has 0 bridgehead atoms. The fraction of sp³-hybridized carbons (Fsp3) is 0.692. The van der Waals surface area contributed by atoms with E-state index in [1.54, 1.807) is 0 Å². The molecule has 100 valence electrons. The molecular weight excluding hydrogens is 228 g/mol. The second-order valence-corrected chi connectivity index (χ2v) is 4.93. The summed E-state index contributed by atoms with van der Waals surface area (Å²) in [5.41, 5.74) is 0. The zero-order valence-electron chi connectivity index (χ0n) is 11.4. The number of aromatic nitrogens is 2. The highest BCUT2D eigenvalue weighted by Gasteiger charge is 2.15. The fourth-order valence-corrected chi connectivity index (χ4v) is 1.98. The lowest BCUT2D eigenvalue weighted by Gasteiger charge is -2.24. The number of hydrogen-bond donors (Lipinski definition) is 2. The van der Waals surface area contributed by atoms with Crippen LogP contribution in [0.15, 0.2) is 6.07 Å². The maximum absolute atomic E-state index is 5.36. The molecule has 0 radical (unpaired) electrons. The van der Waals surface area contributed by atoms with Gasteiger partial charge in [0.1, 0.15) is 17.5 Å². The Hall–Kier alpha value is -1.36. The Kier molecular flexibility index (Phi) is 4.36. The van der Waals surface area contributed by atoms with Crippen molar-refractivity contribution in [2.75, 3.05) is 30.9 Å². The van der Waals surface area contributed by atoms with Crippen molar-refractivity contribution in [3.63, 3.8) is 0 Å². The van der Waals surface area contributed by atoms with Crippen molar-refractivity contribution < 1.29 is 4.74 Å². The second kappa shape index (κ2) is 6.00. The predicted molar refractivity (Wildman–Crippen MR) is 73.1 cm³/mol. The third kappa shape index (κ3) is 3.32. The maximum Gasteiger partial charge on any atom is 0.135 e. The first-order valence-electron chi connectivity index (χ1n) is 6.60. The van der Waals surface area contributed by atoms with E-state index in [1.807, 2.05) is 13.1 Å². The molecule has 2 heterocycles. The largest absolute Gasteiger partial charge is 0.381 e. The van der Waals surface area contributed by atoms with Gasteiger partial charge in [-0.2, -0.15) is 0 Å². The minimum absolute atomic E-state index is 0.327. The van der Waals surface area contributed by atoms with E-state index in [1.165, 1.54) is 0 Å². The molecule has 0 unspecified atom stereocenters. The molecule has 0 aliphatic carbocycles. The van der Waals surface area contributed by atoms with Crippen LogP contribution in [-0.4, -0.2) is 36.3 Å². The standard InChI is InChI=1S/C13H22N4O/c1-9(2)13-16-11(14-3)8-12(17-13)15-10-4-6-18-7-5-10/h8-10H,4-7H2,1-3H3,(H2,14,15,16,17). The van der Waals surface area contributed by atoms with E-state index < -0.39 is 0 Å². The summed E-state index contributed by atoms with van der Waals surface area (Å²) in [5, 5.41) is 6.56. The van der Waals surface area contributed by atoms with E-state index in [-0.39, 0.29) is 0 Å². The summed E-state index contributed by atoms with van der Waals surface area (Å²) in [5.74, 6) is 2.97. The highest BCUT2D eigenvalue weighted by atomic mass is 16.5. The minimum atomic E-state index is 0.327. The monoisotopic (exact) mass is 250 g/mol. The molecule has 0 saturated carbocycles. The van der Waals surface area contributed by atoms with Crippen molar-refractivity contribution in [1.29, 1.82) is 0 Å². The Labute approximate surface area is 108 Å². The molecule has 2 rings (SSSR count). The van der Waals surface area contributed by atoms with Crippen LogP contribution in [0.1, 0.15) is 38.4 Å². The average Bonchev–Trinajstić information content (AvgIpc) is 2.39. The molecule has 5 heteroatoms. The zero-order chi connectivity index (χ0) is 13.0. The van der Waals surface area contributed by atoms with Gasteiger partial charge < -0.3 is 15.4 Å². The lowest BCUT2D eigenvalue weighted by molar-refractivity contribution is 0.0904. The molecule has 1 aliphatic heterocycles. The van der Waals surface area contributed by atoms with Crippen LogP contribution in [0.4, 0.5) is 11.6 Å². The quantitative estimate of drug-likeness (QED) is 0.858. The maximum atomic E-state index is 5.36. The van der Waals surface area contributed by atoms with Gasteiger partial charge in [-0.25, -0.2) is 9.97 Å². The molecule has 0 amide bonds. The highest BCUT2D eigenvalue weighted by Crippen LogP contribution is 2.19. The van der Waals surface area contributed by atoms with Gasteiger partial charge in [-0.3, -0.25) is 0 Å². The van der Waals surface area contributed by atoms with E-state index in [0.717, 1.165) is 43.5 Å². The van der Waals surface area contributed by atoms with Crippen LogP contribution in [0, 0.1) is 0 Å². The van der Waals surface area contributed by atoms with E-state index in [2.05, 4.69) is 34.4 Å². The van der Waals surface area contributed by atoms with E-state index >= 15 is 0 Å². The first kappa shape index (κ1) is 13.1. The summed E-state index contributed by atoms with van der Waals surface area (Å²) in [7, 11) is 1.88. The van der Waals surface area contributed by atoms with E-state index in [4.69, 9.17) is 4.74 Å². The number of nitrogens with one attached hydrogen (secondary N) is 2. The first-order chi connectivity index (χ1) is 8.69. The second-order valence-electron chi connectivity index (χ2n) is 4.93. The van der Waals surface area contributed by atoms with E-state index in [0.29, 0.717) is 12.0 Å². The molecule has 1 aromatic heterocycles. The topological polar surface area (TPSA) is 59.1 Å². The van der Waals surface area contributed by atoms with Crippen molar-refractivity contribution >= 4 is 11.6 Å².